The third-order valence-corrected chi connectivity index (χ3v) is 7.07. The molecular formula is C28H28BrCl3N2O3. The van der Waals surface area contributed by atoms with Crippen LogP contribution in [0.15, 0.2) is 71.2 Å². The van der Waals surface area contributed by atoms with Gasteiger partial charge in [-0.25, -0.2) is 0 Å². The lowest BCUT2D eigenvalue weighted by molar-refractivity contribution is -0.142. The van der Waals surface area contributed by atoms with Crippen LogP contribution in [-0.4, -0.2) is 35.9 Å². The van der Waals surface area contributed by atoms with Crippen LogP contribution >= 0.6 is 50.7 Å². The summed E-state index contributed by atoms with van der Waals surface area (Å²) in [6.45, 7) is 4.36. The van der Waals surface area contributed by atoms with E-state index in [-0.39, 0.29) is 30.9 Å². The maximum atomic E-state index is 13.6. The SMILES string of the molecule is CC(C)CNC(=O)[C@H](Cc1ccccc1)N(Cc1ccc(Cl)c(Cl)c1)C(=O)COc1ccc(Br)cc1Cl. The molecule has 0 heterocycles. The van der Waals surface area contributed by atoms with Gasteiger partial charge in [0.05, 0.1) is 15.1 Å². The zero-order valence-electron chi connectivity index (χ0n) is 20.5. The molecule has 1 N–H and O–H groups in total. The molecule has 0 fully saturated rings. The molecule has 196 valence electrons. The van der Waals surface area contributed by atoms with E-state index in [9.17, 15) is 9.59 Å². The average molecular weight is 627 g/mol. The fourth-order valence-electron chi connectivity index (χ4n) is 3.63. The van der Waals surface area contributed by atoms with Crippen LogP contribution in [0.1, 0.15) is 25.0 Å². The lowest BCUT2D eigenvalue weighted by atomic mass is 10.0. The van der Waals surface area contributed by atoms with E-state index in [0.717, 1.165) is 15.6 Å². The first-order chi connectivity index (χ1) is 17.6. The summed E-state index contributed by atoms with van der Waals surface area (Å²) in [6.07, 6.45) is 0.330. The largest absolute Gasteiger partial charge is 0.482 e. The monoisotopic (exact) mass is 624 g/mol. The van der Waals surface area contributed by atoms with Crippen LogP contribution in [0.5, 0.6) is 5.75 Å². The van der Waals surface area contributed by atoms with Gasteiger partial charge in [0.25, 0.3) is 5.91 Å². The smallest absolute Gasteiger partial charge is 0.261 e. The van der Waals surface area contributed by atoms with Crippen molar-refractivity contribution >= 4 is 62.5 Å². The van der Waals surface area contributed by atoms with E-state index in [4.69, 9.17) is 39.5 Å². The van der Waals surface area contributed by atoms with Gasteiger partial charge in [-0.1, -0.05) is 101 Å². The first-order valence-electron chi connectivity index (χ1n) is 11.8. The highest BCUT2D eigenvalue weighted by atomic mass is 79.9. The van der Waals surface area contributed by atoms with Crippen molar-refractivity contribution in [1.82, 2.24) is 10.2 Å². The minimum Gasteiger partial charge on any atom is -0.482 e. The fraction of sp³-hybridized carbons (Fsp3) is 0.286. The number of amides is 2. The second-order valence-electron chi connectivity index (χ2n) is 8.98. The number of benzene rings is 3. The Morgan fingerprint density at radius 1 is 0.919 bits per heavy atom. The molecule has 0 saturated heterocycles. The van der Waals surface area contributed by atoms with E-state index >= 15 is 0 Å². The van der Waals surface area contributed by atoms with Gasteiger partial charge in [-0.3, -0.25) is 9.59 Å². The van der Waals surface area contributed by atoms with Crippen molar-refractivity contribution in [1.29, 1.82) is 0 Å². The predicted molar refractivity (Wildman–Crippen MR) is 153 cm³/mol. The lowest BCUT2D eigenvalue weighted by Gasteiger charge is -2.32. The lowest BCUT2D eigenvalue weighted by Crippen LogP contribution is -2.52. The highest BCUT2D eigenvalue weighted by molar-refractivity contribution is 9.10. The van der Waals surface area contributed by atoms with Crippen molar-refractivity contribution in [2.75, 3.05) is 13.2 Å². The van der Waals surface area contributed by atoms with E-state index in [1.54, 1.807) is 36.4 Å². The molecule has 0 aliphatic heterocycles. The van der Waals surface area contributed by atoms with E-state index < -0.39 is 6.04 Å². The fourth-order valence-corrected chi connectivity index (χ4v) is 4.67. The summed E-state index contributed by atoms with van der Waals surface area (Å²) < 4.78 is 6.56. The Balaban J connectivity index is 1.93. The Bertz CT molecular complexity index is 1220. The molecule has 0 bridgehead atoms. The molecule has 0 radical (unpaired) electrons. The van der Waals surface area contributed by atoms with Gasteiger partial charge in [-0.05, 0) is 47.4 Å². The molecule has 3 aromatic rings. The number of hydrogen-bond donors (Lipinski definition) is 1. The van der Waals surface area contributed by atoms with Crippen LogP contribution in [0.4, 0.5) is 0 Å². The number of hydrogen-bond acceptors (Lipinski definition) is 3. The number of carbonyl (C=O) groups excluding carboxylic acids is 2. The Hall–Kier alpha value is -2.25. The number of nitrogens with zero attached hydrogens (tertiary/aromatic N) is 1. The zero-order valence-corrected chi connectivity index (χ0v) is 24.4. The molecule has 3 aromatic carbocycles. The summed E-state index contributed by atoms with van der Waals surface area (Å²) >= 11 is 22.0. The van der Waals surface area contributed by atoms with Crippen LogP contribution in [-0.2, 0) is 22.6 Å². The average Bonchev–Trinajstić information content (AvgIpc) is 2.86. The van der Waals surface area contributed by atoms with Crippen molar-refractivity contribution in [3.63, 3.8) is 0 Å². The summed E-state index contributed by atoms with van der Waals surface area (Å²) in [5.74, 6) is 0.0123. The Morgan fingerprint density at radius 3 is 2.30 bits per heavy atom. The molecular weight excluding hydrogens is 599 g/mol. The predicted octanol–water partition coefficient (Wildman–Crippen LogP) is 7.20. The number of rotatable bonds is 11. The molecule has 0 aromatic heterocycles. The molecule has 37 heavy (non-hydrogen) atoms. The molecule has 0 aliphatic carbocycles. The molecule has 3 rings (SSSR count). The molecule has 0 unspecified atom stereocenters. The van der Waals surface area contributed by atoms with Gasteiger partial charge < -0.3 is 15.0 Å². The number of halogens is 4. The highest BCUT2D eigenvalue weighted by Crippen LogP contribution is 2.28. The Morgan fingerprint density at radius 2 is 1.65 bits per heavy atom. The Labute approximate surface area is 241 Å². The van der Waals surface area contributed by atoms with Gasteiger partial charge in [0.2, 0.25) is 5.91 Å². The maximum absolute atomic E-state index is 13.6. The maximum Gasteiger partial charge on any atom is 0.261 e. The number of carbonyl (C=O) groups is 2. The Kier molecular flexibility index (Phi) is 11.1. The summed E-state index contributed by atoms with van der Waals surface area (Å²) in [4.78, 5) is 28.6. The van der Waals surface area contributed by atoms with Crippen molar-refractivity contribution in [3.8, 4) is 5.75 Å². The summed E-state index contributed by atoms with van der Waals surface area (Å²) in [5.41, 5.74) is 1.66. The van der Waals surface area contributed by atoms with Crippen molar-refractivity contribution in [3.05, 3.63) is 97.4 Å². The normalized spacial score (nSPS) is 11.8. The van der Waals surface area contributed by atoms with Gasteiger partial charge >= 0.3 is 0 Å². The van der Waals surface area contributed by atoms with Crippen molar-refractivity contribution in [2.24, 2.45) is 5.92 Å². The molecule has 2 amide bonds. The molecule has 1 atom stereocenters. The third kappa shape index (κ3) is 8.92. The van der Waals surface area contributed by atoms with Crippen LogP contribution in [0.25, 0.3) is 0 Å². The summed E-state index contributed by atoms with van der Waals surface area (Å²) in [7, 11) is 0. The number of nitrogens with one attached hydrogen (secondary N) is 1. The third-order valence-electron chi connectivity index (χ3n) is 5.54. The van der Waals surface area contributed by atoms with Crippen molar-refractivity contribution in [2.45, 2.75) is 32.9 Å². The minimum atomic E-state index is -0.785. The first kappa shape index (κ1) is 29.3. The van der Waals surface area contributed by atoms with E-state index in [1.165, 1.54) is 4.90 Å². The van der Waals surface area contributed by atoms with Crippen molar-refractivity contribution < 1.29 is 14.3 Å². The van der Waals surface area contributed by atoms with E-state index in [0.29, 0.717) is 33.8 Å². The molecule has 0 spiro atoms. The minimum absolute atomic E-state index is 0.139. The van der Waals surface area contributed by atoms with E-state index in [1.807, 2.05) is 44.2 Å². The van der Waals surface area contributed by atoms with Crippen LogP contribution < -0.4 is 10.1 Å². The zero-order chi connectivity index (χ0) is 26.9. The quantitative estimate of drug-likeness (QED) is 0.245. The summed E-state index contributed by atoms with van der Waals surface area (Å²) in [6, 6.07) is 19.1. The highest BCUT2D eigenvalue weighted by Gasteiger charge is 2.31. The van der Waals surface area contributed by atoms with E-state index in [2.05, 4.69) is 21.2 Å². The molecule has 5 nitrogen and oxygen atoms in total. The van der Waals surface area contributed by atoms with Crippen LogP contribution in [0, 0.1) is 5.92 Å². The van der Waals surface area contributed by atoms with Gasteiger partial charge in [0.1, 0.15) is 11.8 Å². The molecule has 9 heteroatoms. The number of ether oxygens (including phenoxy) is 1. The topological polar surface area (TPSA) is 58.6 Å². The van der Waals surface area contributed by atoms with Gasteiger partial charge in [-0.15, -0.1) is 0 Å². The van der Waals surface area contributed by atoms with Gasteiger partial charge in [-0.2, -0.15) is 0 Å². The molecule has 0 aliphatic rings. The van der Waals surface area contributed by atoms with Gasteiger partial charge in [0.15, 0.2) is 6.61 Å². The second-order valence-corrected chi connectivity index (χ2v) is 11.1. The van der Waals surface area contributed by atoms with Crippen LogP contribution in [0.2, 0.25) is 15.1 Å². The first-order valence-corrected chi connectivity index (χ1v) is 13.7. The van der Waals surface area contributed by atoms with Crippen LogP contribution in [0.3, 0.4) is 0 Å². The van der Waals surface area contributed by atoms with Gasteiger partial charge in [0, 0.05) is 24.0 Å². The standard InChI is InChI=1S/C28H28BrCl3N2O3/c1-18(2)15-33-28(36)25(13-19-6-4-3-5-7-19)34(16-20-8-10-22(30)23(31)12-20)27(35)17-37-26-11-9-21(29)14-24(26)32/h3-12,14,18,25H,13,15-17H2,1-2H3,(H,33,36)/t25-/m0/s1. The summed E-state index contributed by atoms with van der Waals surface area (Å²) in [5, 5.41) is 4.13. The molecule has 0 saturated carbocycles. The second kappa shape index (κ2) is 14.1.